The van der Waals surface area contributed by atoms with E-state index in [2.05, 4.69) is 11.4 Å². The molecule has 1 unspecified atom stereocenters. The van der Waals surface area contributed by atoms with Crippen LogP contribution in [0.3, 0.4) is 0 Å². The van der Waals surface area contributed by atoms with Crippen molar-refractivity contribution in [1.29, 1.82) is 0 Å². The monoisotopic (exact) mass is 390 g/mol. The molecule has 1 aromatic heterocycles. The molecular weight excluding hydrogens is 368 g/mol. The third-order valence-corrected chi connectivity index (χ3v) is 6.07. The minimum absolute atomic E-state index is 0.0230. The summed E-state index contributed by atoms with van der Waals surface area (Å²) >= 11 is 1.68. The quantitative estimate of drug-likeness (QED) is 0.697. The van der Waals surface area contributed by atoms with Crippen molar-refractivity contribution in [2.75, 3.05) is 13.1 Å². The SMILES string of the molecule is O=C(NCC(=O)N1CCCC1c1cccs1)c1ccc(-c2ccccc2)cc1. The van der Waals surface area contributed by atoms with Crippen LogP contribution in [0.1, 0.15) is 34.1 Å². The highest BCUT2D eigenvalue weighted by Gasteiger charge is 2.30. The maximum atomic E-state index is 12.6. The molecule has 1 aliphatic heterocycles. The molecule has 4 nitrogen and oxygen atoms in total. The van der Waals surface area contributed by atoms with E-state index in [0.29, 0.717) is 5.56 Å². The predicted molar refractivity (Wildman–Crippen MR) is 112 cm³/mol. The fourth-order valence-electron chi connectivity index (χ4n) is 3.65. The van der Waals surface area contributed by atoms with E-state index >= 15 is 0 Å². The van der Waals surface area contributed by atoms with E-state index in [-0.39, 0.29) is 24.4 Å². The number of thiophene rings is 1. The maximum Gasteiger partial charge on any atom is 0.251 e. The number of nitrogens with zero attached hydrogens (tertiary/aromatic N) is 1. The normalized spacial score (nSPS) is 16.1. The molecule has 3 aromatic rings. The molecule has 2 amide bonds. The van der Waals surface area contributed by atoms with E-state index < -0.39 is 0 Å². The first-order chi connectivity index (χ1) is 13.7. The number of benzene rings is 2. The Hall–Kier alpha value is -2.92. The first kappa shape index (κ1) is 18.4. The predicted octanol–water partition coefficient (Wildman–Crippen LogP) is 4.51. The number of likely N-dealkylation sites (tertiary alicyclic amines) is 1. The summed E-state index contributed by atoms with van der Waals surface area (Å²) in [5.74, 6) is -0.245. The zero-order valence-electron chi connectivity index (χ0n) is 15.5. The van der Waals surface area contributed by atoms with Gasteiger partial charge in [0.15, 0.2) is 0 Å². The topological polar surface area (TPSA) is 49.4 Å². The van der Waals surface area contributed by atoms with E-state index in [4.69, 9.17) is 0 Å². The summed E-state index contributed by atoms with van der Waals surface area (Å²) in [6.45, 7) is 0.782. The molecule has 0 spiro atoms. The molecule has 4 rings (SSSR count). The smallest absolute Gasteiger partial charge is 0.251 e. The lowest BCUT2D eigenvalue weighted by Gasteiger charge is -2.24. The van der Waals surface area contributed by atoms with Crippen molar-refractivity contribution in [3.8, 4) is 11.1 Å². The first-order valence-corrected chi connectivity index (χ1v) is 10.4. The van der Waals surface area contributed by atoms with Gasteiger partial charge < -0.3 is 10.2 Å². The molecule has 28 heavy (non-hydrogen) atoms. The Morgan fingerprint density at radius 2 is 1.71 bits per heavy atom. The molecule has 0 bridgehead atoms. The van der Waals surface area contributed by atoms with Crippen molar-refractivity contribution in [2.45, 2.75) is 18.9 Å². The molecule has 142 valence electrons. The summed E-state index contributed by atoms with van der Waals surface area (Å²) in [4.78, 5) is 28.2. The lowest BCUT2D eigenvalue weighted by molar-refractivity contribution is -0.131. The van der Waals surface area contributed by atoms with Gasteiger partial charge in [-0.1, -0.05) is 48.5 Å². The first-order valence-electron chi connectivity index (χ1n) is 9.49. The van der Waals surface area contributed by atoms with Gasteiger partial charge in [-0.25, -0.2) is 0 Å². The summed E-state index contributed by atoms with van der Waals surface area (Å²) in [6, 6.07) is 21.7. The van der Waals surface area contributed by atoms with E-state index in [9.17, 15) is 9.59 Å². The average molecular weight is 391 g/mol. The number of carbonyl (C=O) groups is 2. The van der Waals surface area contributed by atoms with Gasteiger partial charge in [-0.15, -0.1) is 11.3 Å². The van der Waals surface area contributed by atoms with Crippen LogP contribution in [0, 0.1) is 0 Å². The zero-order valence-corrected chi connectivity index (χ0v) is 16.3. The third kappa shape index (κ3) is 3.99. The van der Waals surface area contributed by atoms with Crippen LogP contribution in [0.2, 0.25) is 0 Å². The van der Waals surface area contributed by atoms with E-state index in [1.165, 1.54) is 4.88 Å². The summed E-state index contributed by atoms with van der Waals surface area (Å²) in [5, 5.41) is 4.81. The number of carbonyl (C=O) groups excluding carboxylic acids is 2. The zero-order chi connectivity index (χ0) is 19.3. The van der Waals surface area contributed by atoms with Gasteiger partial charge in [0.1, 0.15) is 0 Å². The van der Waals surface area contributed by atoms with Crippen LogP contribution in [0.15, 0.2) is 72.1 Å². The third-order valence-electron chi connectivity index (χ3n) is 5.10. The summed E-state index contributed by atoms with van der Waals surface area (Å²) in [7, 11) is 0. The van der Waals surface area contributed by atoms with Gasteiger partial charge in [0, 0.05) is 17.0 Å². The molecule has 1 saturated heterocycles. The molecule has 5 heteroatoms. The van der Waals surface area contributed by atoms with Crippen LogP contribution in [-0.2, 0) is 4.79 Å². The largest absolute Gasteiger partial charge is 0.343 e. The van der Waals surface area contributed by atoms with Crippen LogP contribution in [0.4, 0.5) is 0 Å². The Kier molecular flexibility index (Phi) is 5.53. The molecule has 1 aliphatic rings. The number of hydrogen-bond donors (Lipinski definition) is 1. The molecule has 2 aromatic carbocycles. The fraction of sp³-hybridized carbons (Fsp3) is 0.217. The lowest BCUT2D eigenvalue weighted by Crippen LogP contribution is -2.39. The highest BCUT2D eigenvalue weighted by Crippen LogP contribution is 2.34. The van der Waals surface area contributed by atoms with Crippen molar-refractivity contribution in [3.05, 3.63) is 82.6 Å². The fourth-order valence-corrected chi connectivity index (χ4v) is 4.52. The van der Waals surface area contributed by atoms with E-state index in [1.54, 1.807) is 23.5 Å². The van der Waals surface area contributed by atoms with Gasteiger partial charge in [0.2, 0.25) is 5.91 Å². The number of nitrogens with one attached hydrogen (secondary N) is 1. The van der Waals surface area contributed by atoms with Crippen LogP contribution in [-0.4, -0.2) is 29.8 Å². The van der Waals surface area contributed by atoms with Crippen LogP contribution in [0.25, 0.3) is 11.1 Å². The number of amides is 2. The number of hydrogen-bond acceptors (Lipinski definition) is 3. The van der Waals surface area contributed by atoms with Crippen LogP contribution < -0.4 is 5.32 Å². The summed E-state index contributed by atoms with van der Waals surface area (Å²) in [5.41, 5.74) is 2.73. The standard InChI is InChI=1S/C23H22N2O2S/c26-22(25-14-4-8-20(25)21-9-5-15-28-21)16-24-23(27)19-12-10-18(11-13-19)17-6-2-1-3-7-17/h1-3,5-7,9-13,15,20H,4,8,14,16H2,(H,24,27). The molecular formula is C23H22N2O2S. The minimum Gasteiger partial charge on any atom is -0.343 e. The molecule has 1 atom stereocenters. The van der Waals surface area contributed by atoms with Crippen molar-refractivity contribution in [3.63, 3.8) is 0 Å². The number of rotatable bonds is 5. The van der Waals surface area contributed by atoms with Crippen molar-refractivity contribution < 1.29 is 9.59 Å². The molecule has 1 N–H and O–H groups in total. The highest BCUT2D eigenvalue weighted by atomic mass is 32.1. The summed E-state index contributed by atoms with van der Waals surface area (Å²) in [6.07, 6.45) is 1.99. The molecule has 0 radical (unpaired) electrons. The Balaban J connectivity index is 1.35. The van der Waals surface area contributed by atoms with Crippen LogP contribution in [0.5, 0.6) is 0 Å². The van der Waals surface area contributed by atoms with Crippen molar-refractivity contribution in [2.24, 2.45) is 0 Å². The Morgan fingerprint density at radius 1 is 0.964 bits per heavy atom. The van der Waals surface area contributed by atoms with Crippen molar-refractivity contribution >= 4 is 23.2 Å². The summed E-state index contributed by atoms with van der Waals surface area (Å²) < 4.78 is 0. The molecule has 0 saturated carbocycles. The highest BCUT2D eigenvalue weighted by molar-refractivity contribution is 7.10. The second kappa shape index (κ2) is 8.40. The second-order valence-electron chi connectivity index (χ2n) is 6.89. The van der Waals surface area contributed by atoms with Gasteiger partial charge in [0.05, 0.1) is 12.6 Å². The van der Waals surface area contributed by atoms with Crippen LogP contribution >= 0.6 is 11.3 Å². The van der Waals surface area contributed by atoms with Gasteiger partial charge in [-0.3, -0.25) is 9.59 Å². The van der Waals surface area contributed by atoms with E-state index in [1.807, 2.05) is 58.8 Å². The second-order valence-corrected chi connectivity index (χ2v) is 7.87. The van der Waals surface area contributed by atoms with Gasteiger partial charge in [0.25, 0.3) is 5.91 Å². The Labute approximate surface area is 168 Å². The molecule has 2 heterocycles. The Bertz CT molecular complexity index is 937. The molecule has 1 fully saturated rings. The van der Waals surface area contributed by atoms with Gasteiger partial charge in [-0.05, 0) is 47.5 Å². The Morgan fingerprint density at radius 3 is 2.43 bits per heavy atom. The average Bonchev–Trinajstić information content (AvgIpc) is 3.44. The van der Waals surface area contributed by atoms with Gasteiger partial charge >= 0.3 is 0 Å². The minimum atomic E-state index is -0.222. The van der Waals surface area contributed by atoms with Gasteiger partial charge in [-0.2, -0.15) is 0 Å². The van der Waals surface area contributed by atoms with Crippen molar-refractivity contribution in [1.82, 2.24) is 10.2 Å². The maximum absolute atomic E-state index is 12.6. The molecule has 0 aliphatic carbocycles. The van der Waals surface area contributed by atoms with E-state index in [0.717, 1.165) is 30.5 Å². The lowest BCUT2D eigenvalue weighted by atomic mass is 10.0.